The largest absolute Gasteiger partial charge is 0.442 e. The van der Waals surface area contributed by atoms with Crippen molar-refractivity contribution in [1.29, 1.82) is 0 Å². The highest BCUT2D eigenvalue weighted by Crippen LogP contribution is 2.47. The van der Waals surface area contributed by atoms with E-state index in [1.807, 2.05) is 45.0 Å². The zero-order valence-electron chi connectivity index (χ0n) is 17.6. The van der Waals surface area contributed by atoms with Crippen LogP contribution in [0.1, 0.15) is 57.6 Å². The van der Waals surface area contributed by atoms with Crippen molar-refractivity contribution in [1.82, 2.24) is 10.0 Å². The van der Waals surface area contributed by atoms with E-state index in [9.17, 15) is 4.79 Å². The Hall–Kier alpha value is -2.59. The molecule has 29 heavy (non-hydrogen) atoms. The maximum absolute atomic E-state index is 13.4. The fourth-order valence-corrected chi connectivity index (χ4v) is 4.41. The molecule has 1 amide bonds. The molecule has 4 rings (SSSR count). The molecule has 0 atom stereocenters. The van der Waals surface area contributed by atoms with E-state index >= 15 is 0 Å². The van der Waals surface area contributed by atoms with Crippen LogP contribution in [0.3, 0.4) is 0 Å². The van der Waals surface area contributed by atoms with Gasteiger partial charge in [0.15, 0.2) is 0 Å². The second-order valence-electron chi connectivity index (χ2n) is 9.04. The Bertz CT molecular complexity index is 878. The van der Waals surface area contributed by atoms with Gasteiger partial charge in [-0.2, -0.15) is 5.01 Å². The summed E-state index contributed by atoms with van der Waals surface area (Å²) in [5, 5.41) is 4.03. The number of hydrazine groups is 1. The predicted molar refractivity (Wildman–Crippen MR) is 116 cm³/mol. The van der Waals surface area contributed by atoms with Crippen molar-refractivity contribution >= 4 is 11.8 Å². The van der Waals surface area contributed by atoms with E-state index in [1.165, 1.54) is 18.4 Å². The number of hydrogen-bond donors (Lipinski definition) is 0. The Morgan fingerprint density at radius 2 is 1.55 bits per heavy atom. The Kier molecular flexibility index (Phi) is 5.22. The first-order chi connectivity index (χ1) is 13.9. The number of rotatable bonds is 3. The van der Waals surface area contributed by atoms with Gasteiger partial charge in [0.25, 0.3) is 0 Å². The third-order valence-electron chi connectivity index (χ3n) is 5.67. The normalized spacial score (nSPS) is 18.9. The summed E-state index contributed by atoms with van der Waals surface area (Å²) >= 11 is 0. The van der Waals surface area contributed by atoms with Crippen molar-refractivity contribution in [3.05, 3.63) is 77.9 Å². The van der Waals surface area contributed by atoms with Crippen LogP contribution in [-0.2, 0) is 11.3 Å². The van der Waals surface area contributed by atoms with Crippen LogP contribution in [0.4, 0.5) is 4.79 Å². The molecule has 2 aliphatic rings. The van der Waals surface area contributed by atoms with Crippen LogP contribution < -0.4 is 0 Å². The topological polar surface area (TPSA) is 32.8 Å². The van der Waals surface area contributed by atoms with Gasteiger partial charge in [0.05, 0.1) is 11.2 Å². The van der Waals surface area contributed by atoms with Crippen molar-refractivity contribution < 1.29 is 9.53 Å². The van der Waals surface area contributed by atoms with Crippen LogP contribution in [0.15, 0.2) is 66.7 Å². The van der Waals surface area contributed by atoms with Crippen molar-refractivity contribution in [2.75, 3.05) is 0 Å². The summed E-state index contributed by atoms with van der Waals surface area (Å²) in [6, 6.07) is 20.5. The zero-order chi connectivity index (χ0) is 20.5. The molecule has 1 spiro atoms. The molecule has 1 saturated carbocycles. The summed E-state index contributed by atoms with van der Waals surface area (Å²) in [6.45, 7) is 6.42. The maximum atomic E-state index is 13.4. The number of carbonyl (C=O) groups excluding carboxylic acids is 1. The number of ether oxygens (including phenoxy) is 1. The Morgan fingerprint density at radius 3 is 2.14 bits per heavy atom. The second kappa shape index (κ2) is 7.68. The van der Waals surface area contributed by atoms with E-state index in [1.54, 1.807) is 5.01 Å². The molecule has 1 aliphatic heterocycles. The van der Waals surface area contributed by atoms with E-state index < -0.39 is 5.60 Å². The molecule has 4 heteroatoms. The summed E-state index contributed by atoms with van der Waals surface area (Å²) in [4.78, 5) is 13.4. The Balaban J connectivity index is 1.77. The van der Waals surface area contributed by atoms with Crippen molar-refractivity contribution in [3.63, 3.8) is 0 Å². The lowest BCUT2D eigenvalue weighted by atomic mass is 9.95. The third-order valence-corrected chi connectivity index (χ3v) is 5.67. The molecule has 0 bridgehead atoms. The molecule has 4 nitrogen and oxygen atoms in total. The van der Waals surface area contributed by atoms with Gasteiger partial charge < -0.3 is 4.74 Å². The molecule has 1 heterocycles. The van der Waals surface area contributed by atoms with E-state index in [0.717, 1.165) is 24.1 Å². The van der Waals surface area contributed by atoms with Gasteiger partial charge in [-0.15, -0.1) is 0 Å². The van der Waals surface area contributed by atoms with E-state index in [-0.39, 0.29) is 11.6 Å². The summed E-state index contributed by atoms with van der Waals surface area (Å²) in [7, 11) is 0. The van der Waals surface area contributed by atoms with Gasteiger partial charge in [-0.25, -0.2) is 9.80 Å². The van der Waals surface area contributed by atoms with Crippen LogP contribution in [0.2, 0.25) is 0 Å². The first-order valence-electron chi connectivity index (χ1n) is 10.5. The lowest BCUT2D eigenvalue weighted by molar-refractivity contribution is -0.0529. The average Bonchev–Trinajstić information content (AvgIpc) is 3.28. The minimum Gasteiger partial charge on any atom is -0.442 e. The van der Waals surface area contributed by atoms with Crippen LogP contribution in [0.5, 0.6) is 0 Å². The SMILES string of the molecule is CC(C)(C)OC(=O)N1C(c2ccccc2)=CC2(CCCC2)N1Cc1ccccc1. The van der Waals surface area contributed by atoms with Crippen molar-refractivity contribution in [2.24, 2.45) is 0 Å². The standard InChI is InChI=1S/C25H30N2O2/c1-24(2,3)29-23(28)27-22(21-14-8-5-9-15-21)18-25(16-10-11-17-25)26(27)19-20-12-6-4-7-13-20/h4-9,12-15,18H,10-11,16-17,19H2,1-3H3. The number of benzene rings is 2. The lowest BCUT2D eigenvalue weighted by Crippen LogP contribution is -2.52. The van der Waals surface area contributed by atoms with Crippen molar-refractivity contribution in [3.8, 4) is 0 Å². The summed E-state index contributed by atoms with van der Waals surface area (Å²) in [6.07, 6.45) is 6.44. The maximum Gasteiger partial charge on any atom is 0.429 e. The molecule has 1 aliphatic carbocycles. The molecule has 0 aromatic heterocycles. The molecule has 0 saturated heterocycles. The molecule has 1 fully saturated rings. The molecule has 0 unspecified atom stereocenters. The molecule has 152 valence electrons. The monoisotopic (exact) mass is 390 g/mol. The van der Waals surface area contributed by atoms with Gasteiger partial charge in [-0.1, -0.05) is 73.5 Å². The minimum atomic E-state index is -0.553. The van der Waals surface area contributed by atoms with Crippen LogP contribution >= 0.6 is 0 Å². The summed E-state index contributed by atoms with van der Waals surface area (Å²) in [5.74, 6) is 0. The lowest BCUT2D eigenvalue weighted by Gasteiger charge is -2.40. The van der Waals surface area contributed by atoms with Gasteiger partial charge in [0, 0.05) is 6.54 Å². The zero-order valence-corrected chi connectivity index (χ0v) is 17.6. The first-order valence-corrected chi connectivity index (χ1v) is 10.5. The molecule has 2 aromatic rings. The fraction of sp³-hybridized carbons (Fsp3) is 0.400. The highest BCUT2D eigenvalue weighted by Gasteiger charge is 2.49. The number of nitrogens with zero attached hydrogens (tertiary/aromatic N) is 2. The van der Waals surface area contributed by atoms with Crippen LogP contribution in [0.25, 0.3) is 5.70 Å². The second-order valence-corrected chi connectivity index (χ2v) is 9.04. The Morgan fingerprint density at radius 1 is 0.966 bits per heavy atom. The molecular weight excluding hydrogens is 360 g/mol. The van der Waals surface area contributed by atoms with E-state index in [2.05, 4.69) is 47.5 Å². The predicted octanol–water partition coefficient (Wildman–Crippen LogP) is 6.01. The molecule has 0 radical (unpaired) electrons. The third kappa shape index (κ3) is 4.08. The fourth-order valence-electron chi connectivity index (χ4n) is 4.41. The summed E-state index contributed by atoms with van der Waals surface area (Å²) < 4.78 is 5.85. The minimum absolute atomic E-state index is 0.141. The van der Waals surface area contributed by atoms with E-state index in [0.29, 0.717) is 6.54 Å². The van der Waals surface area contributed by atoms with Crippen molar-refractivity contribution in [2.45, 2.75) is 64.1 Å². The van der Waals surface area contributed by atoms with Gasteiger partial charge >= 0.3 is 6.09 Å². The molecular formula is C25H30N2O2. The van der Waals surface area contributed by atoms with Crippen LogP contribution in [-0.4, -0.2) is 27.3 Å². The highest BCUT2D eigenvalue weighted by atomic mass is 16.6. The smallest absolute Gasteiger partial charge is 0.429 e. The summed E-state index contributed by atoms with van der Waals surface area (Å²) in [5.41, 5.74) is 2.47. The number of amides is 1. The molecule has 2 aromatic carbocycles. The number of hydrogen-bond acceptors (Lipinski definition) is 3. The van der Waals surface area contributed by atoms with Gasteiger partial charge in [-0.3, -0.25) is 0 Å². The van der Waals surface area contributed by atoms with E-state index in [4.69, 9.17) is 4.74 Å². The number of carbonyl (C=O) groups is 1. The Labute approximate surface area is 173 Å². The quantitative estimate of drug-likeness (QED) is 0.643. The average molecular weight is 391 g/mol. The van der Waals surface area contributed by atoms with Gasteiger partial charge in [0.2, 0.25) is 0 Å². The van der Waals surface area contributed by atoms with Gasteiger partial charge in [0.1, 0.15) is 5.60 Å². The van der Waals surface area contributed by atoms with Gasteiger partial charge in [-0.05, 0) is 50.8 Å². The molecule has 0 N–H and O–H groups in total. The highest BCUT2D eigenvalue weighted by molar-refractivity contribution is 5.84. The first kappa shape index (κ1) is 19.7. The van der Waals surface area contributed by atoms with Crippen LogP contribution in [0, 0.1) is 0 Å².